The highest BCUT2D eigenvalue weighted by Crippen LogP contribution is 2.16. The molecule has 2 heterocycles. The lowest BCUT2D eigenvalue weighted by Crippen LogP contribution is -2.41. The number of likely N-dealkylation sites (tertiary alicyclic amines) is 1. The summed E-state index contributed by atoms with van der Waals surface area (Å²) in [7, 11) is -3.28. The molecule has 0 aliphatic carbocycles. The molecule has 26 heavy (non-hydrogen) atoms. The van der Waals surface area contributed by atoms with E-state index in [0.29, 0.717) is 12.5 Å². The van der Waals surface area contributed by atoms with Crippen LogP contribution in [0.3, 0.4) is 0 Å². The molecule has 7 heteroatoms. The summed E-state index contributed by atoms with van der Waals surface area (Å²) in [6, 6.07) is 11.3. The van der Waals surface area contributed by atoms with Crippen LogP contribution in [-0.2, 0) is 22.3 Å². The molecule has 1 aliphatic rings. The first kappa shape index (κ1) is 19.1. The van der Waals surface area contributed by atoms with Crippen LogP contribution in [0.1, 0.15) is 24.8 Å². The smallest absolute Gasteiger partial charge is 0.215 e. The van der Waals surface area contributed by atoms with Crippen molar-refractivity contribution in [3.8, 4) is 0 Å². The van der Waals surface area contributed by atoms with Crippen molar-refractivity contribution in [3.63, 3.8) is 0 Å². The third kappa shape index (κ3) is 6.23. The molecule has 1 saturated heterocycles. The SMILES string of the molecule is O=S(=O)(Cc1ccccc1)NCC1CCCN(CCCn2cccn2)C1. The van der Waals surface area contributed by atoms with Crippen LogP contribution in [0.25, 0.3) is 0 Å². The molecule has 6 nitrogen and oxygen atoms in total. The van der Waals surface area contributed by atoms with E-state index in [-0.39, 0.29) is 5.75 Å². The van der Waals surface area contributed by atoms with E-state index < -0.39 is 10.0 Å². The maximum atomic E-state index is 12.3. The lowest BCUT2D eigenvalue weighted by atomic mass is 9.98. The number of aryl methyl sites for hydroxylation is 1. The summed E-state index contributed by atoms with van der Waals surface area (Å²) < 4.78 is 29.4. The molecule has 3 rings (SSSR count). The van der Waals surface area contributed by atoms with E-state index in [2.05, 4.69) is 14.7 Å². The minimum atomic E-state index is -3.28. The third-order valence-electron chi connectivity index (χ3n) is 4.82. The Bertz CT molecular complexity index is 747. The second-order valence-corrected chi connectivity index (χ2v) is 8.83. The van der Waals surface area contributed by atoms with Crippen LogP contribution in [-0.4, -0.2) is 49.3 Å². The molecule has 1 aromatic heterocycles. The molecule has 0 bridgehead atoms. The van der Waals surface area contributed by atoms with Crippen molar-refractivity contribution in [2.45, 2.75) is 31.6 Å². The maximum absolute atomic E-state index is 12.3. The fourth-order valence-corrected chi connectivity index (χ4v) is 4.72. The van der Waals surface area contributed by atoms with E-state index in [1.54, 1.807) is 6.20 Å². The largest absolute Gasteiger partial charge is 0.303 e. The van der Waals surface area contributed by atoms with Crippen LogP contribution in [0.15, 0.2) is 48.8 Å². The van der Waals surface area contributed by atoms with E-state index in [4.69, 9.17) is 0 Å². The van der Waals surface area contributed by atoms with Gasteiger partial charge in [-0.15, -0.1) is 0 Å². The minimum absolute atomic E-state index is 0.0497. The third-order valence-corrected chi connectivity index (χ3v) is 6.14. The first-order chi connectivity index (χ1) is 12.6. The Morgan fingerprint density at radius 1 is 1.15 bits per heavy atom. The normalized spacial score (nSPS) is 18.8. The van der Waals surface area contributed by atoms with E-state index in [9.17, 15) is 8.42 Å². The summed E-state index contributed by atoms with van der Waals surface area (Å²) in [5.74, 6) is 0.438. The zero-order chi connectivity index (χ0) is 18.2. The van der Waals surface area contributed by atoms with Crippen molar-refractivity contribution in [1.29, 1.82) is 0 Å². The highest BCUT2D eigenvalue weighted by atomic mass is 32.2. The van der Waals surface area contributed by atoms with Crippen molar-refractivity contribution >= 4 is 10.0 Å². The molecule has 1 aromatic carbocycles. The van der Waals surface area contributed by atoms with Gasteiger partial charge in [-0.2, -0.15) is 5.10 Å². The maximum Gasteiger partial charge on any atom is 0.215 e. The van der Waals surface area contributed by atoms with Gasteiger partial charge in [0, 0.05) is 32.0 Å². The van der Waals surface area contributed by atoms with Gasteiger partial charge >= 0.3 is 0 Å². The second kappa shape index (κ2) is 9.30. The summed E-state index contributed by atoms with van der Waals surface area (Å²) >= 11 is 0. The molecule has 1 atom stereocenters. The van der Waals surface area contributed by atoms with Gasteiger partial charge in [-0.05, 0) is 49.9 Å². The molecule has 0 saturated carbocycles. The molecule has 1 N–H and O–H groups in total. The Kier molecular flexibility index (Phi) is 6.82. The summed E-state index contributed by atoms with van der Waals surface area (Å²) in [5.41, 5.74) is 0.823. The Morgan fingerprint density at radius 2 is 2.00 bits per heavy atom. The van der Waals surface area contributed by atoms with Gasteiger partial charge in [-0.3, -0.25) is 4.68 Å². The predicted molar refractivity (Wildman–Crippen MR) is 103 cm³/mol. The van der Waals surface area contributed by atoms with E-state index in [1.165, 1.54) is 0 Å². The molecule has 1 unspecified atom stereocenters. The van der Waals surface area contributed by atoms with Gasteiger partial charge in [0.15, 0.2) is 0 Å². The average Bonchev–Trinajstić information content (AvgIpc) is 3.15. The lowest BCUT2D eigenvalue weighted by Gasteiger charge is -2.32. The van der Waals surface area contributed by atoms with Gasteiger partial charge in [0.25, 0.3) is 0 Å². The summed E-state index contributed by atoms with van der Waals surface area (Å²) in [5, 5.41) is 4.23. The summed E-state index contributed by atoms with van der Waals surface area (Å²) in [6.45, 7) is 4.56. The van der Waals surface area contributed by atoms with Crippen molar-refractivity contribution in [2.24, 2.45) is 5.92 Å². The zero-order valence-corrected chi connectivity index (χ0v) is 15.9. The number of hydrogen-bond acceptors (Lipinski definition) is 4. The zero-order valence-electron chi connectivity index (χ0n) is 15.1. The van der Waals surface area contributed by atoms with E-state index in [0.717, 1.165) is 51.0 Å². The molecule has 142 valence electrons. The Hall–Kier alpha value is -1.70. The Morgan fingerprint density at radius 3 is 2.77 bits per heavy atom. The average molecular weight is 377 g/mol. The fourth-order valence-electron chi connectivity index (χ4n) is 3.50. The van der Waals surface area contributed by atoms with Crippen molar-refractivity contribution < 1.29 is 8.42 Å². The van der Waals surface area contributed by atoms with Crippen LogP contribution in [0.5, 0.6) is 0 Å². The molecule has 0 amide bonds. The standard InChI is InChI=1S/C19H28N4O2S/c24-26(25,17-18-7-2-1-3-8-18)21-15-19-9-4-11-22(16-19)12-6-14-23-13-5-10-20-23/h1-3,5,7-8,10,13,19,21H,4,6,9,11-12,14-17H2. The number of nitrogens with zero attached hydrogens (tertiary/aromatic N) is 3. The van der Waals surface area contributed by atoms with E-state index >= 15 is 0 Å². The first-order valence-electron chi connectivity index (χ1n) is 9.32. The molecular weight excluding hydrogens is 348 g/mol. The topological polar surface area (TPSA) is 67.2 Å². The van der Waals surface area contributed by atoms with Gasteiger partial charge < -0.3 is 4.90 Å². The number of benzene rings is 1. The van der Waals surface area contributed by atoms with Crippen molar-refractivity contribution in [3.05, 3.63) is 54.4 Å². The van der Waals surface area contributed by atoms with Crippen LogP contribution in [0.2, 0.25) is 0 Å². The second-order valence-electron chi connectivity index (χ2n) is 7.02. The van der Waals surface area contributed by atoms with Gasteiger partial charge in [-0.1, -0.05) is 30.3 Å². The Balaban J connectivity index is 1.40. The highest BCUT2D eigenvalue weighted by Gasteiger charge is 2.21. The number of hydrogen-bond donors (Lipinski definition) is 1. The number of nitrogens with one attached hydrogen (secondary N) is 1. The summed E-state index contributed by atoms with van der Waals surface area (Å²) in [4.78, 5) is 2.45. The minimum Gasteiger partial charge on any atom is -0.303 e. The van der Waals surface area contributed by atoms with Gasteiger partial charge in [0.2, 0.25) is 10.0 Å². The van der Waals surface area contributed by atoms with Crippen LogP contribution < -0.4 is 4.72 Å². The molecule has 0 spiro atoms. The predicted octanol–water partition coefficient (Wildman–Crippen LogP) is 2.10. The van der Waals surface area contributed by atoms with Crippen molar-refractivity contribution in [2.75, 3.05) is 26.2 Å². The lowest BCUT2D eigenvalue weighted by molar-refractivity contribution is 0.171. The van der Waals surface area contributed by atoms with Gasteiger partial charge in [-0.25, -0.2) is 13.1 Å². The number of aromatic nitrogens is 2. The van der Waals surface area contributed by atoms with Crippen molar-refractivity contribution in [1.82, 2.24) is 19.4 Å². The number of sulfonamides is 1. The molecular formula is C19H28N4O2S. The first-order valence-corrected chi connectivity index (χ1v) is 11.0. The summed E-state index contributed by atoms with van der Waals surface area (Å²) in [6.07, 6.45) is 7.07. The highest BCUT2D eigenvalue weighted by molar-refractivity contribution is 7.88. The van der Waals surface area contributed by atoms with Crippen LogP contribution >= 0.6 is 0 Å². The van der Waals surface area contributed by atoms with Crippen LogP contribution in [0, 0.1) is 5.92 Å². The number of rotatable bonds is 9. The number of piperidine rings is 1. The Labute approximate surface area is 156 Å². The van der Waals surface area contributed by atoms with Gasteiger partial charge in [0.05, 0.1) is 5.75 Å². The molecule has 1 aliphatic heterocycles. The quantitative estimate of drug-likeness (QED) is 0.728. The monoisotopic (exact) mass is 376 g/mol. The molecule has 2 aromatic rings. The fraction of sp³-hybridized carbons (Fsp3) is 0.526. The van der Waals surface area contributed by atoms with Gasteiger partial charge in [0.1, 0.15) is 0 Å². The van der Waals surface area contributed by atoms with Crippen LogP contribution in [0.4, 0.5) is 0 Å². The molecule has 1 fully saturated rings. The van der Waals surface area contributed by atoms with E-state index in [1.807, 2.05) is 47.3 Å². The molecule has 0 radical (unpaired) electrons.